The predicted molar refractivity (Wildman–Crippen MR) is 49.7 cm³/mol. The van der Waals surface area contributed by atoms with E-state index in [-0.39, 0.29) is 23.4 Å². The van der Waals surface area contributed by atoms with Gasteiger partial charge in [0.05, 0.1) is 6.04 Å². The number of hydrogen-bond acceptors (Lipinski definition) is 3. The van der Waals surface area contributed by atoms with Gasteiger partial charge in [-0.15, -0.1) is 11.8 Å². The molecule has 0 aromatic heterocycles. The van der Waals surface area contributed by atoms with Gasteiger partial charge in [-0.1, -0.05) is 6.58 Å². The number of nitrogens with zero attached hydrogens (tertiary/aromatic N) is 1. The summed E-state index contributed by atoms with van der Waals surface area (Å²) in [7, 11) is 0. The highest BCUT2D eigenvalue weighted by Gasteiger charge is 2.50. The Labute approximate surface area is 76.0 Å². The highest BCUT2D eigenvalue weighted by molar-refractivity contribution is 8.00. The molecule has 0 bridgehead atoms. The normalized spacial score (nSPS) is 40.8. The summed E-state index contributed by atoms with van der Waals surface area (Å²) < 4.78 is 0. The number of nitrogens with two attached hydrogens (primary N) is 1. The largest absolute Gasteiger partial charge is 0.321 e. The lowest BCUT2D eigenvalue weighted by atomic mass is 10.0. The van der Waals surface area contributed by atoms with E-state index >= 15 is 0 Å². The van der Waals surface area contributed by atoms with Crippen molar-refractivity contribution in [2.45, 2.75) is 24.4 Å². The molecule has 2 N–H and O–H groups in total. The molecule has 0 saturated carbocycles. The Hall–Kier alpha value is -0.480. The molecule has 2 saturated heterocycles. The van der Waals surface area contributed by atoms with Crippen molar-refractivity contribution >= 4 is 17.7 Å². The molecule has 2 heterocycles. The zero-order valence-corrected chi connectivity index (χ0v) is 7.80. The second-order valence-corrected chi connectivity index (χ2v) is 4.41. The quantitative estimate of drug-likeness (QED) is 0.431. The molecule has 4 heteroatoms. The average Bonchev–Trinajstić information content (AvgIpc) is 2.08. The number of amides is 1. The minimum absolute atomic E-state index is 0.0702. The smallest absolute Gasteiger partial charge is 0.243 e. The van der Waals surface area contributed by atoms with E-state index in [2.05, 4.69) is 6.58 Å². The van der Waals surface area contributed by atoms with Crippen molar-refractivity contribution in [2.24, 2.45) is 5.73 Å². The zero-order valence-electron chi connectivity index (χ0n) is 6.99. The Morgan fingerprint density at radius 2 is 2.42 bits per heavy atom. The highest BCUT2D eigenvalue weighted by Crippen LogP contribution is 2.38. The molecule has 2 rings (SSSR count). The van der Waals surface area contributed by atoms with Crippen molar-refractivity contribution in [2.75, 3.05) is 5.75 Å². The van der Waals surface area contributed by atoms with Crippen LogP contribution in [0.5, 0.6) is 0 Å². The summed E-state index contributed by atoms with van der Waals surface area (Å²) in [6, 6.07) is -0.0888. The number of fused-ring (bicyclic) bond motifs is 1. The van der Waals surface area contributed by atoms with E-state index in [1.54, 1.807) is 11.8 Å². The van der Waals surface area contributed by atoms with Crippen LogP contribution in [0.25, 0.3) is 0 Å². The fourth-order valence-electron chi connectivity index (χ4n) is 1.62. The number of rotatable bonds is 0. The summed E-state index contributed by atoms with van der Waals surface area (Å²) in [6.07, 6.45) is 0. The summed E-state index contributed by atoms with van der Waals surface area (Å²) in [5.74, 6) is 1.00. The maximum atomic E-state index is 11.3. The average molecular weight is 184 g/mol. The lowest BCUT2D eigenvalue weighted by Crippen LogP contribution is -2.71. The molecule has 66 valence electrons. The van der Waals surface area contributed by atoms with Gasteiger partial charge < -0.3 is 10.6 Å². The summed E-state index contributed by atoms with van der Waals surface area (Å²) in [6.45, 7) is 5.93. The van der Waals surface area contributed by atoms with Crippen molar-refractivity contribution in [3.05, 3.63) is 12.2 Å². The Morgan fingerprint density at radius 1 is 1.75 bits per heavy atom. The second kappa shape index (κ2) is 2.50. The summed E-state index contributed by atoms with van der Waals surface area (Å²) >= 11 is 1.72. The first kappa shape index (κ1) is 8.13. The van der Waals surface area contributed by atoms with E-state index in [1.807, 2.05) is 11.8 Å². The number of carbonyl (C=O) groups is 1. The first-order valence-electron chi connectivity index (χ1n) is 4.00. The topological polar surface area (TPSA) is 46.3 Å². The standard InChI is InChI=1S/C8H12N2OS/c1-4-3-12-8-6(9)7(11)10(8)5(4)2/h5-6,8H,1,3,9H2,2H3. The van der Waals surface area contributed by atoms with Crippen LogP contribution in [0.4, 0.5) is 0 Å². The van der Waals surface area contributed by atoms with E-state index in [0.717, 1.165) is 11.3 Å². The van der Waals surface area contributed by atoms with Crippen LogP contribution in [0.2, 0.25) is 0 Å². The van der Waals surface area contributed by atoms with Crippen molar-refractivity contribution in [3.8, 4) is 0 Å². The first-order chi connectivity index (χ1) is 5.63. The number of thioether (sulfide) groups is 1. The van der Waals surface area contributed by atoms with E-state index in [1.165, 1.54) is 0 Å². The fraction of sp³-hybridized carbons (Fsp3) is 0.625. The lowest BCUT2D eigenvalue weighted by Gasteiger charge is -2.51. The van der Waals surface area contributed by atoms with Crippen molar-refractivity contribution in [1.29, 1.82) is 0 Å². The molecule has 3 atom stereocenters. The molecule has 0 aliphatic carbocycles. The number of β-lactam (4-membered cyclic amide) rings is 1. The van der Waals surface area contributed by atoms with Gasteiger partial charge in [-0.3, -0.25) is 4.79 Å². The molecule has 0 aromatic carbocycles. The molecule has 2 aliphatic rings. The second-order valence-electron chi connectivity index (χ2n) is 3.31. The summed E-state index contributed by atoms with van der Waals surface area (Å²) in [5, 5.41) is 0.206. The van der Waals surface area contributed by atoms with Gasteiger partial charge in [0.1, 0.15) is 11.4 Å². The van der Waals surface area contributed by atoms with Gasteiger partial charge in [-0.25, -0.2) is 0 Å². The molecule has 2 aliphatic heterocycles. The molecule has 0 aromatic rings. The predicted octanol–water partition coefficient (Wildman–Crippen LogP) is 0.173. The Bertz CT molecular complexity index is 253. The third-order valence-electron chi connectivity index (χ3n) is 2.57. The van der Waals surface area contributed by atoms with Crippen LogP contribution in [0.3, 0.4) is 0 Å². The van der Waals surface area contributed by atoms with Gasteiger partial charge in [-0.05, 0) is 12.5 Å². The van der Waals surface area contributed by atoms with Gasteiger partial charge in [0.15, 0.2) is 0 Å². The molecule has 0 radical (unpaired) electrons. The van der Waals surface area contributed by atoms with Crippen molar-refractivity contribution in [3.63, 3.8) is 0 Å². The maximum Gasteiger partial charge on any atom is 0.243 e. The van der Waals surface area contributed by atoms with Gasteiger partial charge in [-0.2, -0.15) is 0 Å². The molecular weight excluding hydrogens is 172 g/mol. The van der Waals surface area contributed by atoms with E-state index < -0.39 is 0 Å². The Morgan fingerprint density at radius 3 is 3.08 bits per heavy atom. The molecular formula is C8H12N2OS. The minimum Gasteiger partial charge on any atom is -0.321 e. The van der Waals surface area contributed by atoms with Crippen LogP contribution in [-0.4, -0.2) is 34.0 Å². The molecule has 1 amide bonds. The van der Waals surface area contributed by atoms with Crippen molar-refractivity contribution in [1.82, 2.24) is 4.90 Å². The summed E-state index contributed by atoms with van der Waals surface area (Å²) in [5.41, 5.74) is 6.76. The van der Waals surface area contributed by atoms with E-state index in [4.69, 9.17) is 5.73 Å². The Balaban J connectivity index is 2.18. The van der Waals surface area contributed by atoms with Gasteiger partial charge in [0.2, 0.25) is 5.91 Å². The zero-order chi connectivity index (χ0) is 8.88. The first-order valence-corrected chi connectivity index (χ1v) is 5.05. The molecule has 3 unspecified atom stereocenters. The third-order valence-corrected chi connectivity index (χ3v) is 3.97. The molecule has 2 fully saturated rings. The van der Waals surface area contributed by atoms with Crippen LogP contribution in [0.1, 0.15) is 6.92 Å². The third kappa shape index (κ3) is 0.850. The van der Waals surface area contributed by atoms with Crippen LogP contribution in [0, 0.1) is 0 Å². The molecule has 3 nitrogen and oxygen atoms in total. The fourth-order valence-corrected chi connectivity index (χ4v) is 3.01. The van der Waals surface area contributed by atoms with Crippen LogP contribution < -0.4 is 5.73 Å². The van der Waals surface area contributed by atoms with Crippen molar-refractivity contribution < 1.29 is 4.79 Å². The monoisotopic (exact) mass is 184 g/mol. The maximum absolute atomic E-state index is 11.3. The molecule has 12 heavy (non-hydrogen) atoms. The number of carbonyl (C=O) groups excluding carboxylic acids is 1. The lowest BCUT2D eigenvalue weighted by molar-refractivity contribution is -0.146. The van der Waals surface area contributed by atoms with Crippen LogP contribution >= 0.6 is 11.8 Å². The van der Waals surface area contributed by atoms with Gasteiger partial charge in [0.25, 0.3) is 0 Å². The number of hydrogen-bond donors (Lipinski definition) is 1. The van der Waals surface area contributed by atoms with Crippen LogP contribution in [0.15, 0.2) is 12.2 Å². The minimum atomic E-state index is -0.273. The summed E-state index contributed by atoms with van der Waals surface area (Å²) in [4.78, 5) is 13.1. The Kier molecular flexibility index (Phi) is 1.70. The van der Waals surface area contributed by atoms with E-state index in [9.17, 15) is 4.79 Å². The SMILES string of the molecule is C=C1CSC2C(N)C(=O)N2C1C. The van der Waals surface area contributed by atoms with Crippen LogP contribution in [-0.2, 0) is 4.79 Å². The highest BCUT2D eigenvalue weighted by atomic mass is 32.2. The van der Waals surface area contributed by atoms with Gasteiger partial charge >= 0.3 is 0 Å². The van der Waals surface area contributed by atoms with Gasteiger partial charge in [0, 0.05) is 5.75 Å². The van der Waals surface area contributed by atoms with E-state index in [0.29, 0.717) is 0 Å². The molecule has 0 spiro atoms.